The van der Waals surface area contributed by atoms with Crippen LogP contribution in [0.5, 0.6) is 0 Å². The fourth-order valence-corrected chi connectivity index (χ4v) is 1.68. The molecule has 1 rings (SSSR count). The summed E-state index contributed by atoms with van der Waals surface area (Å²) < 4.78 is 14.4. The number of carbonyl (C=O) groups excluding carboxylic acids is 4. The van der Waals surface area contributed by atoms with Gasteiger partial charge in [-0.2, -0.15) is 0 Å². The molecule has 0 bridgehead atoms. The van der Waals surface area contributed by atoms with Crippen LogP contribution < -0.4 is 10.6 Å². The number of carbonyl (C=O) groups is 4. The van der Waals surface area contributed by atoms with E-state index in [4.69, 9.17) is 9.47 Å². The molecule has 0 saturated carbocycles. The first-order valence-electron chi connectivity index (χ1n) is 7.84. The third kappa shape index (κ3) is 8.13. The van der Waals surface area contributed by atoms with Gasteiger partial charge in [0.05, 0.1) is 12.2 Å². The van der Waals surface area contributed by atoms with Gasteiger partial charge < -0.3 is 14.2 Å². The SMILES string of the molecule is CCOC(=O)NC(=O)COC(=O)c1cccc(NC(=O)OC(C)(C)C)c1. The Kier molecular flexibility index (Phi) is 7.57. The minimum absolute atomic E-state index is 0.107. The third-order valence-corrected chi connectivity index (χ3v) is 2.59. The molecule has 0 unspecified atom stereocenters. The van der Waals surface area contributed by atoms with Crippen LogP contribution in [0.1, 0.15) is 38.1 Å². The minimum Gasteiger partial charge on any atom is -0.452 e. The van der Waals surface area contributed by atoms with E-state index >= 15 is 0 Å². The highest BCUT2D eigenvalue weighted by Crippen LogP contribution is 2.14. The first kappa shape index (κ1) is 20.9. The van der Waals surface area contributed by atoms with Crippen LogP contribution in [0, 0.1) is 0 Å². The van der Waals surface area contributed by atoms with Crippen molar-refractivity contribution in [1.82, 2.24) is 5.32 Å². The van der Waals surface area contributed by atoms with Crippen LogP contribution in [0.15, 0.2) is 24.3 Å². The highest BCUT2D eigenvalue weighted by molar-refractivity contribution is 5.96. The van der Waals surface area contributed by atoms with E-state index in [0.717, 1.165) is 0 Å². The number of rotatable bonds is 5. The summed E-state index contributed by atoms with van der Waals surface area (Å²) in [5.74, 6) is -1.61. The topological polar surface area (TPSA) is 120 Å². The number of alkyl carbamates (subject to hydrolysis) is 1. The summed E-state index contributed by atoms with van der Waals surface area (Å²) in [4.78, 5) is 46.2. The molecule has 0 fully saturated rings. The predicted molar refractivity (Wildman–Crippen MR) is 91.7 cm³/mol. The number of nitrogens with one attached hydrogen (secondary N) is 2. The Hall–Kier alpha value is -3.10. The molecule has 0 aromatic heterocycles. The van der Waals surface area contributed by atoms with Gasteiger partial charge in [-0.1, -0.05) is 6.07 Å². The van der Waals surface area contributed by atoms with Crippen LogP contribution in [-0.2, 0) is 19.0 Å². The van der Waals surface area contributed by atoms with Gasteiger partial charge >= 0.3 is 18.2 Å². The molecule has 2 N–H and O–H groups in total. The summed E-state index contributed by atoms with van der Waals surface area (Å²) in [5.41, 5.74) is -0.223. The van der Waals surface area contributed by atoms with Crippen molar-refractivity contribution in [3.8, 4) is 0 Å². The zero-order chi connectivity index (χ0) is 19.7. The van der Waals surface area contributed by atoms with Crippen molar-refractivity contribution in [2.45, 2.75) is 33.3 Å². The Balaban J connectivity index is 2.58. The van der Waals surface area contributed by atoms with Gasteiger partial charge in [0.2, 0.25) is 0 Å². The van der Waals surface area contributed by atoms with Crippen LogP contribution in [0.4, 0.5) is 15.3 Å². The quantitative estimate of drug-likeness (QED) is 0.606. The Morgan fingerprint density at radius 3 is 2.35 bits per heavy atom. The van der Waals surface area contributed by atoms with Crippen molar-refractivity contribution in [2.24, 2.45) is 0 Å². The summed E-state index contributed by atoms with van der Waals surface area (Å²) in [6, 6.07) is 5.91. The number of hydrogen-bond acceptors (Lipinski definition) is 7. The van der Waals surface area contributed by atoms with Crippen LogP contribution in [0.2, 0.25) is 0 Å². The van der Waals surface area contributed by atoms with Crippen molar-refractivity contribution in [3.63, 3.8) is 0 Å². The number of benzene rings is 1. The molecule has 9 nitrogen and oxygen atoms in total. The van der Waals surface area contributed by atoms with Crippen molar-refractivity contribution >= 4 is 29.8 Å². The second kappa shape index (κ2) is 9.40. The summed E-state index contributed by atoms with van der Waals surface area (Å²) in [5, 5.41) is 4.39. The largest absolute Gasteiger partial charge is 0.452 e. The van der Waals surface area contributed by atoms with E-state index in [1.54, 1.807) is 33.8 Å². The molecular weight excluding hydrogens is 344 g/mol. The zero-order valence-corrected chi connectivity index (χ0v) is 15.1. The fourth-order valence-electron chi connectivity index (χ4n) is 1.68. The molecule has 0 aliphatic heterocycles. The standard InChI is InChI=1S/C17H22N2O7/c1-5-24-15(22)19-13(20)10-25-14(21)11-7-6-8-12(9-11)18-16(23)26-17(2,3)4/h6-9H,5,10H2,1-4H3,(H,18,23)(H,19,20,22). The van der Waals surface area contributed by atoms with Gasteiger partial charge in [0, 0.05) is 5.69 Å². The van der Waals surface area contributed by atoms with Gasteiger partial charge in [-0.3, -0.25) is 15.4 Å². The van der Waals surface area contributed by atoms with Crippen molar-refractivity contribution < 1.29 is 33.4 Å². The molecule has 0 aliphatic carbocycles. The maximum atomic E-state index is 12.0. The molecule has 0 heterocycles. The van der Waals surface area contributed by atoms with Crippen molar-refractivity contribution in [2.75, 3.05) is 18.5 Å². The first-order valence-corrected chi connectivity index (χ1v) is 7.84. The molecule has 0 saturated heterocycles. The predicted octanol–water partition coefficient (Wildman–Crippen LogP) is 2.46. The molecule has 0 aliphatic rings. The Bertz CT molecular complexity index is 680. The van der Waals surface area contributed by atoms with E-state index in [1.807, 2.05) is 5.32 Å². The molecule has 0 atom stereocenters. The van der Waals surface area contributed by atoms with Crippen molar-refractivity contribution in [1.29, 1.82) is 0 Å². The summed E-state index contributed by atoms with van der Waals surface area (Å²) in [6.07, 6.45) is -1.59. The normalized spacial score (nSPS) is 10.5. The van der Waals surface area contributed by atoms with E-state index in [9.17, 15) is 19.2 Å². The van der Waals surface area contributed by atoms with E-state index < -0.39 is 36.3 Å². The monoisotopic (exact) mass is 366 g/mol. The Morgan fingerprint density at radius 1 is 1.04 bits per heavy atom. The molecule has 1 aromatic carbocycles. The zero-order valence-electron chi connectivity index (χ0n) is 15.1. The fraction of sp³-hybridized carbons (Fsp3) is 0.412. The second-order valence-electron chi connectivity index (χ2n) is 6.05. The average Bonchev–Trinajstić information content (AvgIpc) is 2.51. The van der Waals surface area contributed by atoms with E-state index in [-0.39, 0.29) is 12.2 Å². The maximum Gasteiger partial charge on any atom is 0.413 e. The van der Waals surface area contributed by atoms with Gasteiger partial charge in [-0.25, -0.2) is 14.4 Å². The Morgan fingerprint density at radius 2 is 1.73 bits per heavy atom. The summed E-state index contributed by atoms with van der Waals surface area (Å²) in [7, 11) is 0. The number of hydrogen-bond donors (Lipinski definition) is 2. The highest BCUT2D eigenvalue weighted by atomic mass is 16.6. The van der Waals surface area contributed by atoms with Crippen LogP contribution in [0.3, 0.4) is 0 Å². The third-order valence-electron chi connectivity index (χ3n) is 2.59. The summed E-state index contributed by atoms with van der Waals surface area (Å²) in [6.45, 7) is 6.21. The lowest BCUT2D eigenvalue weighted by Gasteiger charge is -2.19. The molecule has 9 heteroatoms. The molecule has 1 aromatic rings. The van der Waals surface area contributed by atoms with Gasteiger partial charge in [0.1, 0.15) is 5.60 Å². The smallest absolute Gasteiger partial charge is 0.413 e. The number of amides is 3. The summed E-state index contributed by atoms with van der Waals surface area (Å²) >= 11 is 0. The van der Waals surface area contributed by atoms with Crippen LogP contribution in [-0.4, -0.2) is 42.9 Å². The molecular formula is C17H22N2O7. The second-order valence-corrected chi connectivity index (χ2v) is 6.05. The van der Waals surface area contributed by atoms with Crippen LogP contribution in [0.25, 0.3) is 0 Å². The van der Waals surface area contributed by atoms with Gasteiger partial charge in [-0.15, -0.1) is 0 Å². The van der Waals surface area contributed by atoms with Crippen LogP contribution >= 0.6 is 0 Å². The molecule has 0 spiro atoms. The lowest BCUT2D eigenvalue weighted by atomic mass is 10.2. The highest BCUT2D eigenvalue weighted by Gasteiger charge is 2.17. The van der Waals surface area contributed by atoms with E-state index in [1.165, 1.54) is 18.2 Å². The number of imide groups is 1. The lowest BCUT2D eigenvalue weighted by molar-refractivity contribution is -0.123. The lowest BCUT2D eigenvalue weighted by Crippen LogP contribution is -2.34. The first-order chi connectivity index (χ1) is 12.1. The molecule has 26 heavy (non-hydrogen) atoms. The molecule has 3 amide bonds. The van der Waals surface area contributed by atoms with Gasteiger partial charge in [0.15, 0.2) is 6.61 Å². The number of anilines is 1. The number of ether oxygens (including phenoxy) is 3. The Labute approximate surface area is 151 Å². The van der Waals surface area contributed by atoms with Gasteiger partial charge in [0.25, 0.3) is 5.91 Å². The molecule has 142 valence electrons. The van der Waals surface area contributed by atoms with Gasteiger partial charge in [-0.05, 0) is 45.9 Å². The minimum atomic E-state index is -0.919. The maximum absolute atomic E-state index is 12.0. The van der Waals surface area contributed by atoms with E-state index in [2.05, 4.69) is 10.1 Å². The molecule has 0 radical (unpaired) electrons. The average molecular weight is 366 g/mol. The number of esters is 1. The van der Waals surface area contributed by atoms with Crippen molar-refractivity contribution in [3.05, 3.63) is 29.8 Å². The van der Waals surface area contributed by atoms with E-state index in [0.29, 0.717) is 5.69 Å².